The highest BCUT2D eigenvalue weighted by Gasteiger charge is 2.27. The minimum atomic E-state index is -0.978. The van der Waals surface area contributed by atoms with E-state index in [0.29, 0.717) is 17.9 Å². The molecule has 4 nitrogen and oxygen atoms in total. The molecule has 0 fully saturated rings. The van der Waals surface area contributed by atoms with Gasteiger partial charge in [-0.05, 0) is 31.4 Å². The number of hydrogen-bond donors (Lipinski definition) is 1. The fourth-order valence-electron chi connectivity index (χ4n) is 2.15. The van der Waals surface area contributed by atoms with Gasteiger partial charge in [0.1, 0.15) is 6.23 Å². The molecule has 106 valence electrons. The van der Waals surface area contributed by atoms with Crippen LogP contribution in [0, 0.1) is 0 Å². The highest BCUT2D eigenvalue weighted by molar-refractivity contribution is 6.31. The van der Waals surface area contributed by atoms with E-state index >= 15 is 0 Å². The van der Waals surface area contributed by atoms with Crippen LogP contribution in [0.2, 0.25) is 5.02 Å². The fraction of sp³-hybridized carbons (Fsp3) is 0.500. The molecule has 2 atom stereocenters. The van der Waals surface area contributed by atoms with E-state index in [9.17, 15) is 9.90 Å². The molecular weight excluding hydrogens is 266 g/mol. The van der Waals surface area contributed by atoms with Crippen LogP contribution in [0.25, 0.3) is 0 Å². The van der Waals surface area contributed by atoms with Crippen LogP contribution < -0.4 is 0 Å². The van der Waals surface area contributed by atoms with Crippen LogP contribution in [0.1, 0.15) is 25.8 Å². The number of nitrogens with zero attached hydrogens (tertiary/aromatic N) is 1. The summed E-state index contributed by atoms with van der Waals surface area (Å²) in [6.45, 7) is 3.76. The van der Waals surface area contributed by atoms with Crippen LogP contribution in [0.3, 0.4) is 0 Å². The summed E-state index contributed by atoms with van der Waals surface area (Å²) < 4.78 is 5.22. The number of ether oxygens (including phenoxy) is 1. The molecule has 1 N–H and O–H groups in total. The Labute approximate surface area is 118 Å². The number of benzene rings is 1. The molecule has 0 radical (unpaired) electrons. The van der Waals surface area contributed by atoms with E-state index in [1.54, 1.807) is 0 Å². The summed E-state index contributed by atoms with van der Waals surface area (Å²) in [6.07, 6.45) is -0.246. The maximum absolute atomic E-state index is 11.4. The van der Waals surface area contributed by atoms with E-state index in [1.807, 2.05) is 38.1 Å². The van der Waals surface area contributed by atoms with Crippen molar-refractivity contribution in [2.75, 3.05) is 7.11 Å². The van der Waals surface area contributed by atoms with Crippen LogP contribution in [-0.2, 0) is 11.2 Å². The van der Waals surface area contributed by atoms with Crippen LogP contribution in [0.15, 0.2) is 24.3 Å². The van der Waals surface area contributed by atoms with Crippen LogP contribution in [-0.4, -0.2) is 35.5 Å². The van der Waals surface area contributed by atoms with Gasteiger partial charge in [-0.1, -0.05) is 36.7 Å². The minimum Gasteiger partial charge on any atom is -0.465 e. The van der Waals surface area contributed by atoms with Crippen molar-refractivity contribution in [3.05, 3.63) is 34.9 Å². The quantitative estimate of drug-likeness (QED) is 0.812. The molecule has 1 aromatic rings. The second-order valence-corrected chi connectivity index (χ2v) is 4.84. The zero-order valence-electron chi connectivity index (χ0n) is 11.5. The Morgan fingerprint density at radius 2 is 2.11 bits per heavy atom. The molecule has 1 rings (SSSR count). The normalized spacial score (nSPS) is 13.9. The monoisotopic (exact) mass is 285 g/mol. The van der Waals surface area contributed by atoms with Crippen molar-refractivity contribution >= 4 is 17.7 Å². The van der Waals surface area contributed by atoms with Gasteiger partial charge in [-0.15, -0.1) is 0 Å². The van der Waals surface area contributed by atoms with Gasteiger partial charge in [0, 0.05) is 18.2 Å². The van der Waals surface area contributed by atoms with Gasteiger partial charge >= 0.3 is 6.09 Å². The van der Waals surface area contributed by atoms with E-state index in [0.717, 1.165) is 5.56 Å². The Bertz CT molecular complexity index is 421. The molecule has 0 aliphatic heterocycles. The SMILES string of the molecule is CC[C@H](OC)N(C(=O)O)[C@@H](C)Cc1ccccc1Cl. The molecule has 5 heteroatoms. The van der Waals surface area contributed by atoms with E-state index in [2.05, 4.69) is 0 Å². The lowest BCUT2D eigenvalue weighted by atomic mass is 10.1. The molecule has 0 saturated heterocycles. The predicted molar refractivity (Wildman–Crippen MR) is 75.6 cm³/mol. The van der Waals surface area contributed by atoms with E-state index < -0.39 is 12.3 Å². The third-order valence-corrected chi connectivity index (χ3v) is 3.47. The summed E-state index contributed by atoms with van der Waals surface area (Å²) in [7, 11) is 1.52. The first-order valence-electron chi connectivity index (χ1n) is 6.28. The molecule has 0 spiro atoms. The predicted octanol–water partition coefficient (Wildman–Crippen LogP) is 3.63. The zero-order valence-corrected chi connectivity index (χ0v) is 12.2. The van der Waals surface area contributed by atoms with Crippen molar-refractivity contribution in [1.82, 2.24) is 4.90 Å². The molecule has 0 aromatic heterocycles. The maximum atomic E-state index is 11.4. The number of carbonyl (C=O) groups is 1. The molecule has 0 aliphatic carbocycles. The lowest BCUT2D eigenvalue weighted by Crippen LogP contribution is -2.47. The summed E-state index contributed by atoms with van der Waals surface area (Å²) >= 11 is 6.10. The van der Waals surface area contributed by atoms with Crippen LogP contribution in [0.5, 0.6) is 0 Å². The van der Waals surface area contributed by atoms with Crippen molar-refractivity contribution in [2.45, 2.75) is 39.0 Å². The Morgan fingerprint density at radius 3 is 2.58 bits per heavy atom. The highest BCUT2D eigenvalue weighted by atomic mass is 35.5. The summed E-state index contributed by atoms with van der Waals surface area (Å²) in [5.41, 5.74) is 0.939. The first-order valence-corrected chi connectivity index (χ1v) is 6.66. The molecule has 1 amide bonds. The van der Waals surface area contributed by atoms with Crippen LogP contribution in [0.4, 0.5) is 4.79 Å². The van der Waals surface area contributed by atoms with Crippen LogP contribution >= 0.6 is 11.6 Å². The topological polar surface area (TPSA) is 49.8 Å². The molecular formula is C14H20ClNO3. The molecule has 0 aliphatic rings. The fourth-order valence-corrected chi connectivity index (χ4v) is 2.37. The largest absolute Gasteiger partial charge is 0.465 e. The molecule has 0 heterocycles. The average Bonchev–Trinajstić information content (AvgIpc) is 2.37. The first kappa shape index (κ1) is 15.8. The third kappa shape index (κ3) is 4.11. The number of hydrogen-bond acceptors (Lipinski definition) is 2. The van der Waals surface area contributed by atoms with Gasteiger partial charge in [0.05, 0.1) is 0 Å². The van der Waals surface area contributed by atoms with Crippen molar-refractivity contribution in [3.8, 4) is 0 Å². The van der Waals surface area contributed by atoms with E-state index in [4.69, 9.17) is 16.3 Å². The summed E-state index contributed by atoms with van der Waals surface area (Å²) in [5, 5.41) is 9.99. The number of halogens is 1. The van der Waals surface area contributed by atoms with Gasteiger partial charge in [0.25, 0.3) is 0 Å². The highest BCUT2D eigenvalue weighted by Crippen LogP contribution is 2.20. The van der Waals surface area contributed by atoms with Gasteiger partial charge in [-0.25, -0.2) is 4.79 Å². The Morgan fingerprint density at radius 1 is 1.47 bits per heavy atom. The van der Waals surface area contributed by atoms with Gasteiger partial charge in [-0.3, -0.25) is 4.90 Å². The standard InChI is InChI=1S/C14H20ClNO3/c1-4-13(19-3)16(14(17)18)10(2)9-11-7-5-6-8-12(11)15/h5-8,10,13H,4,9H2,1-3H3,(H,17,18)/t10-,13-/m0/s1. The lowest BCUT2D eigenvalue weighted by Gasteiger charge is -2.33. The van der Waals surface area contributed by atoms with Gasteiger partial charge in [-0.2, -0.15) is 0 Å². The third-order valence-electron chi connectivity index (χ3n) is 3.10. The Balaban J connectivity index is 2.86. The number of amides is 1. The van der Waals surface area contributed by atoms with E-state index in [1.165, 1.54) is 12.0 Å². The Hall–Kier alpha value is -1.26. The van der Waals surface area contributed by atoms with Crippen molar-refractivity contribution in [2.24, 2.45) is 0 Å². The first-order chi connectivity index (χ1) is 9.01. The van der Waals surface area contributed by atoms with Gasteiger partial charge in [0.2, 0.25) is 0 Å². The van der Waals surface area contributed by atoms with Crippen molar-refractivity contribution < 1.29 is 14.6 Å². The van der Waals surface area contributed by atoms with Gasteiger partial charge in [0.15, 0.2) is 0 Å². The molecule has 19 heavy (non-hydrogen) atoms. The second kappa shape index (κ2) is 7.36. The minimum absolute atomic E-state index is 0.206. The lowest BCUT2D eigenvalue weighted by molar-refractivity contribution is -0.0397. The zero-order chi connectivity index (χ0) is 14.4. The van der Waals surface area contributed by atoms with Crippen molar-refractivity contribution in [1.29, 1.82) is 0 Å². The summed E-state index contributed by atoms with van der Waals surface area (Å²) in [6, 6.07) is 7.26. The van der Waals surface area contributed by atoms with Crippen molar-refractivity contribution in [3.63, 3.8) is 0 Å². The molecule has 1 aromatic carbocycles. The average molecular weight is 286 g/mol. The summed E-state index contributed by atoms with van der Waals surface area (Å²) in [4.78, 5) is 12.7. The molecule has 0 bridgehead atoms. The number of methoxy groups -OCH3 is 1. The number of carboxylic acid groups (broad SMARTS) is 1. The van der Waals surface area contributed by atoms with Gasteiger partial charge < -0.3 is 9.84 Å². The number of rotatable bonds is 6. The second-order valence-electron chi connectivity index (χ2n) is 4.43. The maximum Gasteiger partial charge on any atom is 0.409 e. The van der Waals surface area contributed by atoms with E-state index in [-0.39, 0.29) is 6.04 Å². The smallest absolute Gasteiger partial charge is 0.409 e. The molecule has 0 saturated carbocycles. The molecule has 0 unspecified atom stereocenters. The Kier molecular flexibility index (Phi) is 6.12. The summed E-state index contributed by atoms with van der Waals surface area (Å²) in [5.74, 6) is 0.